The maximum absolute atomic E-state index is 12.2. The van der Waals surface area contributed by atoms with Crippen LogP contribution in [-0.4, -0.2) is 22.4 Å². The fourth-order valence-electron chi connectivity index (χ4n) is 2.55. The average molecular weight is 279 g/mol. The van der Waals surface area contributed by atoms with E-state index < -0.39 is 10.8 Å². The van der Waals surface area contributed by atoms with Crippen LogP contribution < -0.4 is 5.32 Å². The first-order chi connectivity index (χ1) is 9.15. The Morgan fingerprint density at radius 1 is 1.32 bits per heavy atom. The molecule has 104 valence electrons. The molecule has 0 aromatic heterocycles. The molecule has 0 spiro atoms. The predicted molar refractivity (Wildman–Crippen MR) is 78.6 cm³/mol. The van der Waals surface area contributed by atoms with Crippen molar-refractivity contribution < 1.29 is 9.00 Å². The van der Waals surface area contributed by atoms with E-state index in [1.54, 1.807) is 6.26 Å². The molecule has 0 radical (unpaired) electrons. The van der Waals surface area contributed by atoms with Gasteiger partial charge >= 0.3 is 0 Å². The van der Waals surface area contributed by atoms with Gasteiger partial charge in [-0.2, -0.15) is 0 Å². The minimum atomic E-state index is -0.876. The van der Waals surface area contributed by atoms with Crippen LogP contribution in [0.15, 0.2) is 24.3 Å². The highest BCUT2D eigenvalue weighted by Crippen LogP contribution is 2.18. The molecule has 0 saturated heterocycles. The summed E-state index contributed by atoms with van der Waals surface area (Å²) < 4.78 is 11.2. The number of amides is 1. The lowest BCUT2D eigenvalue weighted by molar-refractivity contribution is 0.0927. The van der Waals surface area contributed by atoms with Crippen molar-refractivity contribution in [2.45, 2.75) is 43.9 Å². The standard InChI is InChI=1S/C15H21NO2S/c1-19(18)11-12-6-5-7-13(10-12)15(17)16-14-8-3-2-4-9-14/h5-7,10,14H,2-4,8-9,11H2,1H3,(H,16,17)/t19-/m0/s1. The molecular formula is C15H21NO2S. The monoisotopic (exact) mass is 279 g/mol. The zero-order chi connectivity index (χ0) is 13.7. The summed E-state index contributed by atoms with van der Waals surface area (Å²) >= 11 is 0. The van der Waals surface area contributed by atoms with Crippen LogP contribution in [-0.2, 0) is 16.6 Å². The normalized spacial score (nSPS) is 17.9. The Morgan fingerprint density at radius 2 is 2.05 bits per heavy atom. The molecule has 1 aromatic rings. The van der Waals surface area contributed by atoms with Crippen molar-refractivity contribution in [1.82, 2.24) is 5.32 Å². The van der Waals surface area contributed by atoms with E-state index in [2.05, 4.69) is 5.32 Å². The van der Waals surface area contributed by atoms with E-state index in [4.69, 9.17) is 0 Å². The number of carbonyl (C=O) groups is 1. The lowest BCUT2D eigenvalue weighted by Gasteiger charge is -2.22. The van der Waals surface area contributed by atoms with Gasteiger partial charge in [0.25, 0.3) is 5.91 Å². The summed E-state index contributed by atoms with van der Waals surface area (Å²) in [7, 11) is -0.876. The van der Waals surface area contributed by atoms with Crippen molar-refractivity contribution >= 4 is 16.7 Å². The number of hydrogen-bond acceptors (Lipinski definition) is 2. The van der Waals surface area contributed by atoms with Gasteiger partial charge < -0.3 is 5.32 Å². The van der Waals surface area contributed by atoms with E-state index in [1.807, 2.05) is 24.3 Å². The molecule has 0 aliphatic heterocycles. The van der Waals surface area contributed by atoms with Gasteiger partial charge in [-0.15, -0.1) is 0 Å². The van der Waals surface area contributed by atoms with Crippen LogP contribution in [0.2, 0.25) is 0 Å². The largest absolute Gasteiger partial charge is 0.349 e. The highest BCUT2D eigenvalue weighted by atomic mass is 32.2. The van der Waals surface area contributed by atoms with E-state index in [-0.39, 0.29) is 5.91 Å². The smallest absolute Gasteiger partial charge is 0.251 e. The zero-order valence-electron chi connectivity index (χ0n) is 11.4. The van der Waals surface area contributed by atoms with Crippen LogP contribution in [0.3, 0.4) is 0 Å². The SMILES string of the molecule is C[S@](=O)Cc1cccc(C(=O)NC2CCCCC2)c1. The molecule has 1 aliphatic carbocycles. The summed E-state index contributed by atoms with van der Waals surface area (Å²) in [6.07, 6.45) is 7.55. The molecule has 1 saturated carbocycles. The number of rotatable bonds is 4. The van der Waals surface area contributed by atoms with Gasteiger partial charge in [-0.3, -0.25) is 9.00 Å². The molecule has 1 fully saturated rings. The van der Waals surface area contributed by atoms with Crippen LogP contribution in [0, 0.1) is 0 Å². The second-order valence-electron chi connectivity index (χ2n) is 5.23. The summed E-state index contributed by atoms with van der Waals surface area (Å²) in [4.78, 5) is 12.2. The number of carbonyl (C=O) groups excluding carboxylic acids is 1. The second-order valence-corrected chi connectivity index (χ2v) is 6.66. The van der Waals surface area contributed by atoms with Crippen LogP contribution >= 0.6 is 0 Å². The lowest BCUT2D eigenvalue weighted by atomic mass is 9.95. The molecule has 0 heterocycles. The minimum Gasteiger partial charge on any atom is -0.349 e. The molecule has 1 aromatic carbocycles. The molecule has 2 rings (SSSR count). The third-order valence-electron chi connectivity index (χ3n) is 3.50. The second kappa shape index (κ2) is 6.85. The average Bonchev–Trinajstić information content (AvgIpc) is 2.39. The van der Waals surface area contributed by atoms with Crippen molar-refractivity contribution in [2.75, 3.05) is 6.26 Å². The molecule has 0 unspecified atom stereocenters. The van der Waals surface area contributed by atoms with E-state index in [9.17, 15) is 9.00 Å². The predicted octanol–water partition coefficient (Wildman–Crippen LogP) is 2.63. The van der Waals surface area contributed by atoms with E-state index >= 15 is 0 Å². The van der Waals surface area contributed by atoms with Gasteiger partial charge in [-0.25, -0.2) is 0 Å². The van der Waals surface area contributed by atoms with E-state index in [0.29, 0.717) is 17.4 Å². The highest BCUT2D eigenvalue weighted by Gasteiger charge is 2.16. The summed E-state index contributed by atoms with van der Waals surface area (Å²) in [5, 5.41) is 3.10. The Bertz CT molecular complexity index is 467. The van der Waals surface area contributed by atoms with E-state index in [1.165, 1.54) is 19.3 Å². The Kier molecular flexibility index (Phi) is 5.14. The van der Waals surface area contributed by atoms with Crippen molar-refractivity contribution in [2.24, 2.45) is 0 Å². The highest BCUT2D eigenvalue weighted by molar-refractivity contribution is 7.83. The van der Waals surface area contributed by atoms with Crippen LogP contribution in [0.25, 0.3) is 0 Å². The maximum atomic E-state index is 12.2. The summed E-state index contributed by atoms with van der Waals surface area (Å²) in [6.45, 7) is 0. The molecule has 1 amide bonds. The molecule has 4 heteroatoms. The van der Waals surface area contributed by atoms with Crippen molar-refractivity contribution in [3.63, 3.8) is 0 Å². The molecule has 0 bridgehead atoms. The first kappa shape index (κ1) is 14.3. The fraction of sp³-hybridized carbons (Fsp3) is 0.533. The molecule has 1 N–H and O–H groups in total. The molecule has 1 aliphatic rings. The fourth-order valence-corrected chi connectivity index (χ4v) is 3.20. The van der Waals surface area contributed by atoms with Gasteiger partial charge in [0, 0.05) is 34.4 Å². The third kappa shape index (κ3) is 4.46. The molecule has 1 atom stereocenters. The van der Waals surface area contributed by atoms with Crippen LogP contribution in [0.5, 0.6) is 0 Å². The summed E-state index contributed by atoms with van der Waals surface area (Å²) in [6, 6.07) is 7.77. The van der Waals surface area contributed by atoms with Crippen LogP contribution in [0.4, 0.5) is 0 Å². The first-order valence-electron chi connectivity index (χ1n) is 6.85. The Morgan fingerprint density at radius 3 is 2.74 bits per heavy atom. The topological polar surface area (TPSA) is 46.2 Å². The number of hydrogen-bond donors (Lipinski definition) is 1. The minimum absolute atomic E-state index is 0.00404. The van der Waals surface area contributed by atoms with Crippen molar-refractivity contribution in [3.05, 3.63) is 35.4 Å². The summed E-state index contributed by atoms with van der Waals surface area (Å²) in [5.74, 6) is 0.500. The zero-order valence-corrected chi connectivity index (χ0v) is 12.2. The van der Waals surface area contributed by atoms with Gasteiger partial charge in [0.1, 0.15) is 0 Å². The quantitative estimate of drug-likeness (QED) is 0.921. The molecule has 19 heavy (non-hydrogen) atoms. The lowest BCUT2D eigenvalue weighted by Crippen LogP contribution is -2.36. The van der Waals surface area contributed by atoms with Gasteiger partial charge in [-0.05, 0) is 30.5 Å². The van der Waals surface area contributed by atoms with Gasteiger partial charge in [0.2, 0.25) is 0 Å². The third-order valence-corrected chi connectivity index (χ3v) is 4.24. The number of nitrogens with one attached hydrogen (secondary N) is 1. The van der Waals surface area contributed by atoms with Gasteiger partial charge in [0.15, 0.2) is 0 Å². The Labute approximate surface area is 117 Å². The molecular weight excluding hydrogens is 258 g/mol. The van der Waals surface area contributed by atoms with E-state index in [0.717, 1.165) is 18.4 Å². The maximum Gasteiger partial charge on any atom is 0.251 e. The Hall–Kier alpha value is -1.16. The van der Waals surface area contributed by atoms with Crippen molar-refractivity contribution in [3.8, 4) is 0 Å². The van der Waals surface area contributed by atoms with Gasteiger partial charge in [0.05, 0.1) is 0 Å². The van der Waals surface area contributed by atoms with Crippen molar-refractivity contribution in [1.29, 1.82) is 0 Å². The van der Waals surface area contributed by atoms with Crippen LogP contribution in [0.1, 0.15) is 48.0 Å². The summed E-state index contributed by atoms with van der Waals surface area (Å²) in [5.41, 5.74) is 1.63. The molecule has 3 nitrogen and oxygen atoms in total. The Balaban J connectivity index is 1.99. The first-order valence-corrected chi connectivity index (χ1v) is 8.57. The van der Waals surface area contributed by atoms with Gasteiger partial charge in [-0.1, -0.05) is 31.4 Å². The number of benzene rings is 1.